The standard InChI is InChI=1S/C8H10O2S/c1-6-7(3-4-11-6)5-8(9)10-2/h3-4H,5H2,1-2H3. The largest absolute Gasteiger partial charge is 0.469 e. The molecule has 0 saturated heterocycles. The van der Waals surface area contributed by atoms with Crippen molar-refractivity contribution in [3.05, 3.63) is 21.9 Å². The number of ether oxygens (including phenoxy) is 1. The average molecular weight is 170 g/mol. The predicted octanol–water partition coefficient (Wildman–Crippen LogP) is 1.77. The van der Waals surface area contributed by atoms with E-state index in [9.17, 15) is 4.79 Å². The quantitative estimate of drug-likeness (QED) is 0.632. The Labute approximate surface area is 69.8 Å². The highest BCUT2D eigenvalue weighted by atomic mass is 32.1. The van der Waals surface area contributed by atoms with E-state index < -0.39 is 0 Å². The third-order valence-corrected chi connectivity index (χ3v) is 2.42. The topological polar surface area (TPSA) is 26.3 Å². The lowest BCUT2D eigenvalue weighted by molar-refractivity contribution is -0.139. The number of rotatable bonds is 2. The first kappa shape index (κ1) is 8.27. The van der Waals surface area contributed by atoms with E-state index in [4.69, 9.17) is 0 Å². The molecule has 1 heterocycles. The van der Waals surface area contributed by atoms with Crippen molar-refractivity contribution in [2.75, 3.05) is 7.11 Å². The minimum absolute atomic E-state index is 0.175. The smallest absolute Gasteiger partial charge is 0.310 e. The summed E-state index contributed by atoms with van der Waals surface area (Å²) in [5, 5.41) is 1.98. The van der Waals surface area contributed by atoms with E-state index in [2.05, 4.69) is 4.74 Å². The van der Waals surface area contributed by atoms with Crippen LogP contribution < -0.4 is 0 Å². The van der Waals surface area contributed by atoms with E-state index in [1.165, 1.54) is 12.0 Å². The van der Waals surface area contributed by atoms with E-state index in [0.29, 0.717) is 6.42 Å². The number of thiophene rings is 1. The maximum Gasteiger partial charge on any atom is 0.310 e. The van der Waals surface area contributed by atoms with E-state index in [1.807, 2.05) is 18.4 Å². The Morgan fingerprint density at radius 3 is 2.91 bits per heavy atom. The van der Waals surface area contributed by atoms with Crippen molar-refractivity contribution < 1.29 is 9.53 Å². The highest BCUT2D eigenvalue weighted by Crippen LogP contribution is 2.15. The van der Waals surface area contributed by atoms with E-state index in [0.717, 1.165) is 5.56 Å². The molecule has 0 radical (unpaired) electrons. The number of hydrogen-bond acceptors (Lipinski definition) is 3. The molecule has 0 bridgehead atoms. The number of carbonyl (C=O) groups excluding carboxylic acids is 1. The van der Waals surface area contributed by atoms with Crippen LogP contribution in [-0.4, -0.2) is 13.1 Å². The molecule has 0 N–H and O–H groups in total. The fourth-order valence-corrected chi connectivity index (χ4v) is 1.55. The Hall–Kier alpha value is -0.830. The van der Waals surface area contributed by atoms with Crippen LogP contribution in [0.25, 0.3) is 0 Å². The average Bonchev–Trinajstić information content (AvgIpc) is 2.37. The maximum atomic E-state index is 10.8. The molecule has 0 atom stereocenters. The zero-order valence-electron chi connectivity index (χ0n) is 6.59. The van der Waals surface area contributed by atoms with Crippen molar-refractivity contribution in [3.63, 3.8) is 0 Å². The van der Waals surface area contributed by atoms with Gasteiger partial charge in [0.05, 0.1) is 13.5 Å². The van der Waals surface area contributed by atoms with Gasteiger partial charge in [-0.2, -0.15) is 0 Å². The Morgan fingerprint density at radius 1 is 1.73 bits per heavy atom. The summed E-state index contributed by atoms with van der Waals surface area (Å²) in [7, 11) is 1.41. The lowest BCUT2D eigenvalue weighted by atomic mass is 10.2. The summed E-state index contributed by atoms with van der Waals surface area (Å²) >= 11 is 1.65. The Balaban J connectivity index is 2.64. The number of hydrogen-bond donors (Lipinski definition) is 0. The fourth-order valence-electron chi connectivity index (χ4n) is 0.822. The molecule has 0 aromatic carbocycles. The van der Waals surface area contributed by atoms with Crippen molar-refractivity contribution in [1.82, 2.24) is 0 Å². The van der Waals surface area contributed by atoms with Gasteiger partial charge in [0.25, 0.3) is 0 Å². The van der Waals surface area contributed by atoms with Crippen molar-refractivity contribution in [2.45, 2.75) is 13.3 Å². The molecule has 0 fully saturated rings. The van der Waals surface area contributed by atoms with Crippen molar-refractivity contribution >= 4 is 17.3 Å². The molecule has 0 amide bonds. The summed E-state index contributed by atoms with van der Waals surface area (Å²) in [5.41, 5.74) is 1.07. The normalized spacial score (nSPS) is 9.64. The molecule has 0 saturated carbocycles. The molecule has 2 nitrogen and oxygen atoms in total. The second kappa shape index (κ2) is 3.53. The number of carbonyl (C=O) groups is 1. The molecule has 0 unspecified atom stereocenters. The monoisotopic (exact) mass is 170 g/mol. The zero-order chi connectivity index (χ0) is 8.27. The molecule has 60 valence electrons. The lowest BCUT2D eigenvalue weighted by Gasteiger charge is -1.96. The summed E-state index contributed by atoms with van der Waals surface area (Å²) in [6.45, 7) is 2.00. The summed E-state index contributed by atoms with van der Waals surface area (Å²) in [6, 6.07) is 1.96. The highest BCUT2D eigenvalue weighted by molar-refractivity contribution is 7.10. The SMILES string of the molecule is COC(=O)Cc1ccsc1C. The first-order valence-corrected chi connectivity index (χ1v) is 4.22. The predicted molar refractivity (Wildman–Crippen MR) is 44.8 cm³/mol. The van der Waals surface area contributed by atoms with Crippen LogP contribution in [0.1, 0.15) is 10.4 Å². The van der Waals surface area contributed by atoms with Crippen LogP contribution in [0.5, 0.6) is 0 Å². The van der Waals surface area contributed by atoms with E-state index in [1.54, 1.807) is 11.3 Å². The molecule has 3 heteroatoms. The third-order valence-electron chi connectivity index (χ3n) is 1.53. The highest BCUT2D eigenvalue weighted by Gasteiger charge is 2.05. The minimum atomic E-state index is -0.175. The van der Waals surface area contributed by atoms with Gasteiger partial charge in [0.1, 0.15) is 0 Å². The maximum absolute atomic E-state index is 10.8. The molecule has 0 aliphatic heterocycles. The van der Waals surface area contributed by atoms with Crippen molar-refractivity contribution in [3.8, 4) is 0 Å². The summed E-state index contributed by atoms with van der Waals surface area (Å²) in [5.74, 6) is -0.175. The van der Waals surface area contributed by atoms with Crippen LogP contribution in [0, 0.1) is 6.92 Å². The van der Waals surface area contributed by atoms with Crippen LogP contribution in [0.15, 0.2) is 11.4 Å². The van der Waals surface area contributed by atoms with Gasteiger partial charge in [-0.15, -0.1) is 11.3 Å². The zero-order valence-corrected chi connectivity index (χ0v) is 7.40. The van der Waals surface area contributed by atoms with Crippen molar-refractivity contribution in [1.29, 1.82) is 0 Å². The second-order valence-electron chi connectivity index (χ2n) is 2.25. The lowest BCUT2D eigenvalue weighted by Crippen LogP contribution is -2.04. The van der Waals surface area contributed by atoms with Gasteiger partial charge in [-0.1, -0.05) is 0 Å². The van der Waals surface area contributed by atoms with Crippen LogP contribution in [0.4, 0.5) is 0 Å². The van der Waals surface area contributed by atoms with Gasteiger partial charge in [-0.05, 0) is 23.9 Å². The fraction of sp³-hybridized carbons (Fsp3) is 0.375. The number of esters is 1. The minimum Gasteiger partial charge on any atom is -0.469 e. The van der Waals surface area contributed by atoms with Crippen molar-refractivity contribution in [2.24, 2.45) is 0 Å². The van der Waals surface area contributed by atoms with E-state index in [-0.39, 0.29) is 5.97 Å². The summed E-state index contributed by atoms with van der Waals surface area (Å²) in [4.78, 5) is 12.0. The van der Waals surface area contributed by atoms with Crippen LogP contribution in [0.2, 0.25) is 0 Å². The van der Waals surface area contributed by atoms with Crippen LogP contribution in [0.3, 0.4) is 0 Å². The molecule has 1 aromatic heterocycles. The molecule has 0 aliphatic rings. The third kappa shape index (κ3) is 2.05. The van der Waals surface area contributed by atoms with Gasteiger partial charge in [-0.3, -0.25) is 4.79 Å². The van der Waals surface area contributed by atoms with Gasteiger partial charge in [0.2, 0.25) is 0 Å². The Morgan fingerprint density at radius 2 is 2.45 bits per heavy atom. The molecule has 11 heavy (non-hydrogen) atoms. The van der Waals surface area contributed by atoms with Gasteiger partial charge in [0, 0.05) is 4.88 Å². The molecule has 0 spiro atoms. The van der Waals surface area contributed by atoms with Gasteiger partial charge in [0.15, 0.2) is 0 Å². The number of methoxy groups -OCH3 is 1. The Bertz CT molecular complexity index is 252. The molecule has 1 aromatic rings. The Kier molecular flexibility index (Phi) is 2.65. The molecular weight excluding hydrogens is 160 g/mol. The number of aryl methyl sites for hydroxylation is 1. The second-order valence-corrected chi connectivity index (χ2v) is 3.38. The first-order chi connectivity index (χ1) is 5.24. The molecular formula is C8H10O2S. The first-order valence-electron chi connectivity index (χ1n) is 3.34. The van der Waals surface area contributed by atoms with Crippen LogP contribution >= 0.6 is 11.3 Å². The molecule has 1 rings (SSSR count). The summed E-state index contributed by atoms with van der Waals surface area (Å²) in [6.07, 6.45) is 0.395. The van der Waals surface area contributed by atoms with Gasteiger partial charge >= 0.3 is 5.97 Å². The van der Waals surface area contributed by atoms with Gasteiger partial charge in [-0.25, -0.2) is 0 Å². The van der Waals surface area contributed by atoms with E-state index >= 15 is 0 Å². The van der Waals surface area contributed by atoms with Crippen LogP contribution in [-0.2, 0) is 16.0 Å². The van der Waals surface area contributed by atoms with Gasteiger partial charge < -0.3 is 4.74 Å². The summed E-state index contributed by atoms with van der Waals surface area (Å²) < 4.78 is 4.54. The molecule has 0 aliphatic carbocycles.